The van der Waals surface area contributed by atoms with Gasteiger partial charge in [-0.15, -0.1) is 11.6 Å². The van der Waals surface area contributed by atoms with Crippen LogP contribution in [0.25, 0.3) is 10.8 Å². The third-order valence-corrected chi connectivity index (χ3v) is 14.4. The molecular weight excluding hydrogens is 637 g/mol. The molecule has 0 saturated carbocycles. The number of halogens is 1. The minimum absolute atomic E-state index is 0. The van der Waals surface area contributed by atoms with Gasteiger partial charge in [-0.3, -0.25) is 0 Å². The molecule has 0 heterocycles. The van der Waals surface area contributed by atoms with E-state index in [-0.39, 0.29) is 24.4 Å². The molecule has 0 fully saturated rings. The average molecular weight is 674 g/mol. The predicted octanol–water partition coefficient (Wildman–Crippen LogP) is 10.1. The fraction of sp³-hybridized carbons (Fsp3) is 0.150. The molecule has 44 heavy (non-hydrogen) atoms. The molecule has 1 unspecified atom stereocenters. The van der Waals surface area contributed by atoms with Crippen LogP contribution in [0.5, 0.6) is 0 Å². The van der Waals surface area contributed by atoms with Crippen molar-refractivity contribution in [2.24, 2.45) is 0 Å². The molecule has 0 aliphatic heterocycles. The Hall–Kier alpha value is -2.78. The summed E-state index contributed by atoms with van der Waals surface area (Å²) in [5, 5.41) is 8.07. The van der Waals surface area contributed by atoms with Gasteiger partial charge in [0.15, 0.2) is 0 Å². The maximum Gasteiger partial charge on any atom is 0.0975 e. The summed E-state index contributed by atoms with van der Waals surface area (Å²) in [4.78, 5) is 0. The predicted molar refractivity (Wildman–Crippen MR) is 193 cm³/mol. The zero-order chi connectivity index (χ0) is 29.3. The Bertz CT molecular complexity index is 1630. The summed E-state index contributed by atoms with van der Waals surface area (Å²) >= 11 is 8.14. The minimum Gasteiger partial charge on any atom is -0.108 e. The average Bonchev–Trinajstić information content (AvgIpc) is 3.08. The summed E-state index contributed by atoms with van der Waals surface area (Å²) in [6.45, 7) is 0. The number of benzene rings is 6. The van der Waals surface area contributed by atoms with Gasteiger partial charge in [-0.2, -0.15) is 0 Å². The third kappa shape index (κ3) is 7.53. The van der Waals surface area contributed by atoms with Gasteiger partial charge < -0.3 is 0 Å². The minimum atomic E-state index is -0.882. The Morgan fingerprint density at radius 3 is 1.45 bits per heavy atom. The van der Waals surface area contributed by atoms with Gasteiger partial charge in [0.1, 0.15) is 0 Å². The Balaban J connectivity index is 0.00000384. The van der Waals surface area contributed by atoms with E-state index in [1.54, 1.807) is 0 Å². The van der Waals surface area contributed by atoms with E-state index in [9.17, 15) is 0 Å². The molecule has 0 aliphatic carbocycles. The largest absolute Gasteiger partial charge is 0.108 e. The van der Waals surface area contributed by atoms with E-state index in [2.05, 4.69) is 164 Å². The zero-order valence-corrected chi connectivity index (χ0v) is 28.2. The van der Waals surface area contributed by atoms with E-state index < -0.39 is 12.5 Å². The van der Waals surface area contributed by atoms with Crippen LogP contribution in [0.3, 0.4) is 0 Å². The molecule has 4 heteroatoms. The molecule has 6 aromatic rings. The van der Waals surface area contributed by atoms with Crippen molar-refractivity contribution in [1.82, 2.24) is 0 Å². The number of rotatable bonds is 12. The van der Waals surface area contributed by atoms with Crippen molar-refractivity contribution >= 4 is 59.4 Å². The molecule has 224 valence electrons. The molecule has 0 amide bonds. The molecule has 0 radical (unpaired) electrons. The van der Waals surface area contributed by atoms with Crippen molar-refractivity contribution in [3.8, 4) is 0 Å². The van der Waals surface area contributed by atoms with Crippen LogP contribution in [-0.2, 0) is 21.1 Å². The van der Waals surface area contributed by atoms with Crippen molar-refractivity contribution in [3.05, 3.63) is 169 Å². The molecular formula is C40H37ClNiP2. The fourth-order valence-corrected chi connectivity index (χ4v) is 12.2. The van der Waals surface area contributed by atoms with Gasteiger partial charge in [-0.25, -0.2) is 0 Å². The van der Waals surface area contributed by atoms with Crippen LogP contribution in [0.1, 0.15) is 31.2 Å². The maximum atomic E-state index is 8.14. The SMILES string of the molecule is ClC(CCCCCP(c1ccccc1)c1ccccc1)(c1cccc2ccccc12)P(c1ccccc1)c1ccccc1.[Ni]. The van der Waals surface area contributed by atoms with Gasteiger partial charge in [-0.1, -0.05) is 177 Å². The standard InChI is InChI=1S/C40H37ClP2.Ni/c41-40(39-30-18-20-33-19-14-15-29-38(33)39,43(36-25-10-3-11-26-36)37-27-12-4-13-28-37)31-16-5-17-32-42(34-21-6-1-7-22-34)35-23-8-2-9-24-35;/h1-4,6-15,18-30H,5,16-17,31-32H2;. The van der Waals surface area contributed by atoms with Crippen molar-refractivity contribution in [3.63, 3.8) is 0 Å². The van der Waals surface area contributed by atoms with Crippen molar-refractivity contribution in [2.75, 3.05) is 6.16 Å². The summed E-state index contributed by atoms with van der Waals surface area (Å²) in [5.74, 6) is 0. The number of hydrogen-bond acceptors (Lipinski definition) is 0. The van der Waals surface area contributed by atoms with E-state index in [0.717, 1.165) is 19.3 Å². The van der Waals surface area contributed by atoms with Gasteiger partial charge in [0.2, 0.25) is 0 Å². The van der Waals surface area contributed by atoms with Crippen molar-refractivity contribution < 1.29 is 16.5 Å². The Morgan fingerprint density at radius 1 is 0.455 bits per heavy atom. The number of hydrogen-bond donors (Lipinski definition) is 0. The fourth-order valence-electron chi connectivity index (χ4n) is 6.07. The van der Waals surface area contributed by atoms with Crippen LogP contribution in [0.4, 0.5) is 0 Å². The van der Waals surface area contributed by atoms with Crippen LogP contribution < -0.4 is 21.2 Å². The van der Waals surface area contributed by atoms with E-state index in [1.165, 1.54) is 50.1 Å². The van der Waals surface area contributed by atoms with Gasteiger partial charge in [0.25, 0.3) is 0 Å². The molecule has 0 saturated heterocycles. The molecule has 0 bridgehead atoms. The molecule has 6 rings (SSSR count). The third-order valence-electron chi connectivity index (χ3n) is 8.11. The van der Waals surface area contributed by atoms with Crippen LogP contribution in [0.2, 0.25) is 0 Å². The van der Waals surface area contributed by atoms with Crippen LogP contribution in [-0.4, -0.2) is 6.16 Å². The Kier molecular flexibility index (Phi) is 11.8. The topological polar surface area (TPSA) is 0 Å². The maximum absolute atomic E-state index is 8.14. The van der Waals surface area contributed by atoms with Gasteiger partial charge in [-0.05, 0) is 72.4 Å². The van der Waals surface area contributed by atoms with Crippen LogP contribution in [0.15, 0.2) is 164 Å². The van der Waals surface area contributed by atoms with E-state index >= 15 is 0 Å². The molecule has 0 aliphatic rings. The van der Waals surface area contributed by atoms with E-state index in [4.69, 9.17) is 11.6 Å². The molecule has 6 aromatic carbocycles. The zero-order valence-electron chi connectivity index (χ0n) is 24.7. The summed E-state index contributed by atoms with van der Waals surface area (Å²) in [5.41, 5.74) is 1.25. The number of alkyl halides is 1. The van der Waals surface area contributed by atoms with E-state index in [0.29, 0.717) is 0 Å². The molecule has 0 nitrogen and oxygen atoms in total. The van der Waals surface area contributed by atoms with Gasteiger partial charge >= 0.3 is 0 Å². The quantitative estimate of drug-likeness (QED) is 0.0525. The smallest absolute Gasteiger partial charge is 0.0975 e. The summed E-state index contributed by atoms with van der Waals surface area (Å²) < 4.78 is -0.539. The normalized spacial score (nSPS) is 12.6. The summed E-state index contributed by atoms with van der Waals surface area (Å²) in [6.07, 6.45) is 5.54. The summed E-state index contributed by atoms with van der Waals surface area (Å²) in [6, 6.07) is 59.5. The molecule has 1 atom stereocenters. The summed E-state index contributed by atoms with van der Waals surface area (Å²) in [7, 11) is -1.26. The van der Waals surface area contributed by atoms with Gasteiger partial charge in [0.05, 0.1) is 4.62 Å². The van der Waals surface area contributed by atoms with Gasteiger partial charge in [0, 0.05) is 16.5 Å². The first kappa shape index (κ1) is 32.6. The first-order chi connectivity index (χ1) is 21.2. The number of unbranched alkanes of at least 4 members (excludes halogenated alkanes) is 2. The first-order valence-electron chi connectivity index (χ1n) is 15.2. The Morgan fingerprint density at radius 2 is 0.909 bits per heavy atom. The Labute approximate surface area is 280 Å². The second-order valence-electron chi connectivity index (χ2n) is 10.9. The number of fused-ring (bicyclic) bond motifs is 1. The monoisotopic (exact) mass is 672 g/mol. The van der Waals surface area contributed by atoms with E-state index in [1.807, 2.05) is 0 Å². The van der Waals surface area contributed by atoms with Crippen LogP contribution >= 0.6 is 27.4 Å². The van der Waals surface area contributed by atoms with Crippen LogP contribution in [0, 0.1) is 0 Å². The molecule has 0 spiro atoms. The van der Waals surface area contributed by atoms with Crippen molar-refractivity contribution in [2.45, 2.75) is 30.3 Å². The second kappa shape index (κ2) is 16.0. The van der Waals surface area contributed by atoms with Crippen molar-refractivity contribution in [1.29, 1.82) is 0 Å². The first-order valence-corrected chi connectivity index (χ1v) is 18.4. The second-order valence-corrected chi connectivity index (χ2v) is 16.6. The molecule has 0 aromatic heterocycles. The molecule has 0 N–H and O–H groups in total.